The Morgan fingerprint density at radius 3 is 2.71 bits per heavy atom. The molecule has 1 aromatic rings. The van der Waals surface area contributed by atoms with Gasteiger partial charge < -0.3 is 10.0 Å². The van der Waals surface area contributed by atoms with Crippen LogP contribution in [0, 0.1) is 0 Å². The fourth-order valence-electron chi connectivity index (χ4n) is 1.69. The van der Waals surface area contributed by atoms with Gasteiger partial charge in [0.2, 0.25) is 6.41 Å². The van der Waals surface area contributed by atoms with Gasteiger partial charge in [0.1, 0.15) is 0 Å². The van der Waals surface area contributed by atoms with Gasteiger partial charge in [0, 0.05) is 16.7 Å². The number of pyridine rings is 1. The maximum Gasteiger partial charge on any atom is 0.332 e. The van der Waals surface area contributed by atoms with E-state index in [9.17, 15) is 14.7 Å². The van der Waals surface area contributed by atoms with E-state index in [1.807, 2.05) is 0 Å². The lowest BCUT2D eigenvalue weighted by Crippen LogP contribution is -2.35. The van der Waals surface area contributed by atoms with Crippen molar-refractivity contribution in [1.29, 1.82) is 0 Å². The van der Waals surface area contributed by atoms with Gasteiger partial charge in [0.25, 0.3) is 0 Å². The predicted octanol–water partition coefficient (Wildman–Crippen LogP) is 1.59. The van der Waals surface area contributed by atoms with Gasteiger partial charge in [0.05, 0.1) is 5.69 Å². The number of carboxylic acids is 1. The molecular weight excluding hydrogens is 288 g/mol. The van der Waals surface area contributed by atoms with Crippen molar-refractivity contribution in [2.75, 3.05) is 0 Å². The van der Waals surface area contributed by atoms with Gasteiger partial charge in [-0.15, -0.1) is 0 Å². The Morgan fingerprint density at radius 1 is 1.59 bits per heavy atom. The van der Waals surface area contributed by atoms with Crippen LogP contribution >= 0.6 is 15.9 Å². The van der Waals surface area contributed by atoms with Gasteiger partial charge in [-0.1, -0.05) is 0 Å². The molecular formula is C11H11BrN2O3. The summed E-state index contributed by atoms with van der Waals surface area (Å²) in [7, 11) is 0. The Morgan fingerprint density at radius 2 is 2.29 bits per heavy atom. The Labute approximate surface area is 107 Å². The first-order chi connectivity index (χ1) is 8.13. The fourth-order valence-corrected chi connectivity index (χ4v) is 1.92. The average molecular weight is 299 g/mol. The fraction of sp³-hybridized carbons (Fsp3) is 0.364. The number of carboxylic acid groups (broad SMARTS) is 1. The lowest BCUT2D eigenvalue weighted by molar-refractivity contribution is -0.147. The van der Waals surface area contributed by atoms with Crippen molar-refractivity contribution >= 4 is 28.3 Å². The second-order valence-corrected chi connectivity index (χ2v) is 4.84. The van der Waals surface area contributed by atoms with Crippen molar-refractivity contribution in [1.82, 2.24) is 9.88 Å². The van der Waals surface area contributed by atoms with Crippen LogP contribution in [0.4, 0.5) is 0 Å². The van der Waals surface area contributed by atoms with Crippen LogP contribution in [0.25, 0.3) is 0 Å². The molecule has 1 amide bonds. The lowest BCUT2D eigenvalue weighted by Gasteiger charge is -2.24. The molecule has 1 fully saturated rings. The first-order valence-electron chi connectivity index (χ1n) is 5.20. The van der Waals surface area contributed by atoms with Crippen molar-refractivity contribution in [3.63, 3.8) is 0 Å². The van der Waals surface area contributed by atoms with E-state index >= 15 is 0 Å². The highest BCUT2D eigenvalue weighted by Gasteiger charge is 2.38. The number of rotatable bonds is 5. The number of nitrogens with zero attached hydrogens (tertiary/aromatic N) is 2. The van der Waals surface area contributed by atoms with Gasteiger partial charge in [-0.2, -0.15) is 0 Å². The Balaban J connectivity index is 2.30. The van der Waals surface area contributed by atoms with Crippen molar-refractivity contribution in [3.05, 3.63) is 28.5 Å². The minimum absolute atomic E-state index is 0.0408. The summed E-state index contributed by atoms with van der Waals surface area (Å²) in [6, 6.07) is 2.38. The number of aliphatic carboxylic acids is 1. The second kappa shape index (κ2) is 4.83. The highest BCUT2D eigenvalue weighted by Crippen LogP contribution is 2.32. The Kier molecular flexibility index (Phi) is 3.42. The number of hydrogen-bond donors (Lipinski definition) is 1. The van der Waals surface area contributed by atoms with Gasteiger partial charge >= 0.3 is 5.97 Å². The molecule has 90 valence electrons. The number of halogens is 1. The summed E-state index contributed by atoms with van der Waals surface area (Å²) < 4.78 is 0.773. The maximum atomic E-state index is 11.3. The summed E-state index contributed by atoms with van der Waals surface area (Å²) >= 11 is 3.23. The van der Waals surface area contributed by atoms with E-state index in [0.717, 1.165) is 17.3 Å². The smallest absolute Gasteiger partial charge is 0.332 e. The molecule has 1 aliphatic carbocycles. The molecule has 0 bridgehead atoms. The van der Waals surface area contributed by atoms with E-state index in [0.29, 0.717) is 12.1 Å². The molecule has 5 nitrogen and oxygen atoms in total. The van der Waals surface area contributed by atoms with E-state index in [1.54, 1.807) is 12.1 Å². The Hall–Kier alpha value is -1.43. The van der Waals surface area contributed by atoms with E-state index in [4.69, 9.17) is 0 Å². The number of hydrogen-bond acceptors (Lipinski definition) is 3. The van der Waals surface area contributed by atoms with Gasteiger partial charge in [-0.3, -0.25) is 9.78 Å². The van der Waals surface area contributed by atoms with Gasteiger partial charge in [-0.05, 0) is 40.9 Å². The zero-order valence-electron chi connectivity index (χ0n) is 8.91. The van der Waals surface area contributed by atoms with Crippen LogP contribution in [0.2, 0.25) is 0 Å². The van der Waals surface area contributed by atoms with Crippen molar-refractivity contribution in [2.24, 2.45) is 0 Å². The molecule has 17 heavy (non-hydrogen) atoms. The van der Waals surface area contributed by atoms with Gasteiger partial charge in [0.15, 0.2) is 6.04 Å². The normalized spacial score (nSPS) is 16.3. The van der Waals surface area contributed by atoms with E-state index < -0.39 is 12.0 Å². The molecule has 6 heteroatoms. The van der Waals surface area contributed by atoms with Crippen LogP contribution in [-0.2, 0) is 9.59 Å². The highest BCUT2D eigenvalue weighted by molar-refractivity contribution is 9.10. The molecule has 1 saturated carbocycles. The van der Waals surface area contributed by atoms with Crippen LogP contribution < -0.4 is 0 Å². The van der Waals surface area contributed by atoms with Crippen LogP contribution in [0.15, 0.2) is 22.8 Å². The number of carbonyl (C=O) groups is 2. The third kappa shape index (κ3) is 2.63. The molecule has 0 aromatic carbocycles. The maximum absolute atomic E-state index is 11.3. The standard InChI is InChI=1S/C11H11BrN2O3/c12-7-1-4-9(13-5-7)10(11(16)17)14(6-15)8-2-3-8/h1,4-6,8,10H,2-3H2,(H,16,17). The molecule has 1 atom stereocenters. The SMILES string of the molecule is O=CN(C1CC1)C(C(=O)O)c1ccc(Br)cn1. The zero-order chi connectivity index (χ0) is 12.4. The summed E-state index contributed by atoms with van der Waals surface area (Å²) in [5, 5.41) is 9.22. The van der Waals surface area contributed by atoms with E-state index in [1.165, 1.54) is 11.1 Å². The number of aromatic nitrogens is 1. The summed E-state index contributed by atoms with van der Waals surface area (Å²) in [4.78, 5) is 27.6. The van der Waals surface area contributed by atoms with Crippen LogP contribution in [-0.4, -0.2) is 33.4 Å². The summed E-state index contributed by atoms with van der Waals surface area (Å²) in [5.74, 6) is -1.06. The largest absolute Gasteiger partial charge is 0.479 e. The molecule has 1 unspecified atom stereocenters. The number of amides is 1. The average Bonchev–Trinajstić information content (AvgIpc) is 3.11. The van der Waals surface area contributed by atoms with Crippen LogP contribution in [0.1, 0.15) is 24.6 Å². The lowest BCUT2D eigenvalue weighted by atomic mass is 10.1. The molecule has 1 N–H and O–H groups in total. The minimum atomic E-state index is -1.06. The monoisotopic (exact) mass is 298 g/mol. The molecule has 1 aromatic heterocycles. The molecule has 1 aliphatic rings. The summed E-state index contributed by atoms with van der Waals surface area (Å²) in [6.45, 7) is 0. The summed E-state index contributed by atoms with van der Waals surface area (Å²) in [6.07, 6.45) is 3.85. The quantitative estimate of drug-likeness (QED) is 0.838. The van der Waals surface area contributed by atoms with Crippen molar-refractivity contribution in [2.45, 2.75) is 24.9 Å². The number of carbonyl (C=O) groups excluding carboxylic acids is 1. The molecule has 0 aliphatic heterocycles. The molecule has 2 rings (SSSR count). The summed E-state index contributed by atoms with van der Waals surface area (Å²) in [5.41, 5.74) is 0.375. The molecule has 0 radical (unpaired) electrons. The van der Waals surface area contributed by atoms with Crippen molar-refractivity contribution in [3.8, 4) is 0 Å². The zero-order valence-corrected chi connectivity index (χ0v) is 10.5. The Bertz CT molecular complexity index is 431. The van der Waals surface area contributed by atoms with Gasteiger partial charge in [-0.25, -0.2) is 4.79 Å². The predicted molar refractivity (Wildman–Crippen MR) is 63.2 cm³/mol. The van der Waals surface area contributed by atoms with E-state index in [2.05, 4.69) is 20.9 Å². The topological polar surface area (TPSA) is 70.5 Å². The highest BCUT2D eigenvalue weighted by atomic mass is 79.9. The molecule has 0 saturated heterocycles. The third-order valence-corrected chi connectivity index (χ3v) is 3.12. The first kappa shape index (κ1) is 12.0. The second-order valence-electron chi connectivity index (χ2n) is 3.93. The molecule has 1 heterocycles. The first-order valence-corrected chi connectivity index (χ1v) is 6.00. The van der Waals surface area contributed by atoms with Crippen molar-refractivity contribution < 1.29 is 14.7 Å². The minimum Gasteiger partial charge on any atom is -0.479 e. The molecule has 0 spiro atoms. The van der Waals surface area contributed by atoms with Crippen LogP contribution in [0.5, 0.6) is 0 Å². The van der Waals surface area contributed by atoms with E-state index in [-0.39, 0.29) is 6.04 Å². The third-order valence-electron chi connectivity index (χ3n) is 2.65. The van der Waals surface area contributed by atoms with Crippen LogP contribution in [0.3, 0.4) is 0 Å².